The van der Waals surface area contributed by atoms with Crippen LogP contribution in [0.4, 0.5) is 0 Å². The van der Waals surface area contributed by atoms with Crippen molar-refractivity contribution in [2.45, 2.75) is 25.7 Å². The van der Waals surface area contributed by atoms with E-state index in [1.807, 2.05) is 0 Å². The van der Waals surface area contributed by atoms with Crippen LogP contribution in [-0.2, 0) is 0 Å². The Hall–Kier alpha value is -1.62. The Balaban J connectivity index is 2.07. The maximum absolute atomic E-state index is 11.6. The fourth-order valence-electron chi connectivity index (χ4n) is 1.74. The summed E-state index contributed by atoms with van der Waals surface area (Å²) in [6, 6.07) is 0. The zero-order valence-electron chi connectivity index (χ0n) is 9.38. The smallest absolute Gasteiger partial charge is 0.171 e. The topological polar surface area (TPSA) is 55.7 Å². The van der Waals surface area contributed by atoms with E-state index in [-0.39, 0.29) is 5.78 Å². The molecule has 0 atom stereocenters. The molecule has 0 N–H and O–H groups in total. The van der Waals surface area contributed by atoms with Crippen molar-refractivity contribution in [3.8, 4) is 10.7 Å². The highest BCUT2D eigenvalue weighted by Gasteiger charge is 2.31. The van der Waals surface area contributed by atoms with Gasteiger partial charge < -0.3 is 0 Å². The van der Waals surface area contributed by atoms with Gasteiger partial charge in [-0.3, -0.25) is 14.8 Å². The van der Waals surface area contributed by atoms with Crippen LogP contribution < -0.4 is 0 Å². The van der Waals surface area contributed by atoms with Gasteiger partial charge >= 0.3 is 0 Å². The summed E-state index contributed by atoms with van der Waals surface area (Å²) < 4.78 is 0. The predicted octanol–water partition coefficient (Wildman–Crippen LogP) is 2.68. The van der Waals surface area contributed by atoms with E-state index in [1.165, 1.54) is 11.3 Å². The molecule has 2 aromatic rings. The van der Waals surface area contributed by atoms with Gasteiger partial charge in [-0.15, -0.1) is 11.3 Å². The molecule has 2 aromatic heterocycles. The van der Waals surface area contributed by atoms with Crippen LogP contribution in [-0.4, -0.2) is 20.7 Å². The summed E-state index contributed by atoms with van der Waals surface area (Å²) in [5, 5.41) is 0.796. The van der Waals surface area contributed by atoms with Gasteiger partial charge in [0.15, 0.2) is 5.78 Å². The van der Waals surface area contributed by atoms with E-state index in [0.717, 1.165) is 34.1 Å². The minimum Gasteiger partial charge on any atom is -0.294 e. The van der Waals surface area contributed by atoms with Crippen molar-refractivity contribution in [2.75, 3.05) is 0 Å². The molecule has 0 aliphatic heterocycles. The van der Waals surface area contributed by atoms with Crippen LogP contribution in [0.1, 0.15) is 41.0 Å². The van der Waals surface area contributed by atoms with Crippen molar-refractivity contribution in [3.05, 3.63) is 29.2 Å². The average Bonchev–Trinajstić information content (AvgIpc) is 3.09. The third kappa shape index (κ3) is 1.98. The Kier molecular flexibility index (Phi) is 2.48. The monoisotopic (exact) mass is 245 g/mol. The lowest BCUT2D eigenvalue weighted by Gasteiger charge is -1.93. The first-order valence-electron chi connectivity index (χ1n) is 5.53. The molecule has 1 saturated carbocycles. The van der Waals surface area contributed by atoms with Crippen molar-refractivity contribution < 1.29 is 4.79 Å². The molecule has 86 valence electrons. The van der Waals surface area contributed by atoms with Crippen LogP contribution in [0.25, 0.3) is 10.7 Å². The molecular formula is C12H11N3OS. The molecule has 17 heavy (non-hydrogen) atoms. The van der Waals surface area contributed by atoms with E-state index in [1.54, 1.807) is 25.5 Å². The average molecular weight is 245 g/mol. The Bertz CT molecular complexity index is 560. The van der Waals surface area contributed by atoms with Crippen molar-refractivity contribution >= 4 is 17.1 Å². The SMILES string of the molecule is CC(=O)c1sc(-c2cnccn2)nc1C1CC1. The maximum atomic E-state index is 11.6. The lowest BCUT2D eigenvalue weighted by molar-refractivity contribution is 0.102. The minimum absolute atomic E-state index is 0.0968. The van der Waals surface area contributed by atoms with Crippen molar-refractivity contribution in [2.24, 2.45) is 0 Å². The third-order valence-electron chi connectivity index (χ3n) is 2.72. The lowest BCUT2D eigenvalue weighted by atomic mass is 10.2. The van der Waals surface area contributed by atoms with E-state index in [4.69, 9.17) is 0 Å². The third-order valence-corrected chi connectivity index (χ3v) is 3.91. The molecule has 0 radical (unpaired) electrons. The number of aromatic nitrogens is 3. The van der Waals surface area contributed by atoms with Crippen molar-refractivity contribution in [1.29, 1.82) is 0 Å². The molecule has 2 heterocycles. The number of carbonyl (C=O) groups is 1. The van der Waals surface area contributed by atoms with E-state index < -0.39 is 0 Å². The minimum atomic E-state index is 0.0968. The summed E-state index contributed by atoms with van der Waals surface area (Å²) in [4.78, 5) is 25.2. The van der Waals surface area contributed by atoms with E-state index >= 15 is 0 Å². The molecule has 5 heteroatoms. The molecule has 0 saturated heterocycles. The highest BCUT2D eigenvalue weighted by molar-refractivity contribution is 7.17. The number of Topliss-reactive ketones (excluding diaryl/α,β-unsaturated/α-hetero) is 1. The first-order chi connectivity index (χ1) is 8.25. The largest absolute Gasteiger partial charge is 0.294 e. The Morgan fingerprint density at radius 1 is 1.41 bits per heavy atom. The summed E-state index contributed by atoms with van der Waals surface area (Å²) in [6.07, 6.45) is 7.24. The second-order valence-electron chi connectivity index (χ2n) is 4.15. The summed E-state index contributed by atoms with van der Waals surface area (Å²) >= 11 is 1.43. The van der Waals surface area contributed by atoms with Gasteiger partial charge in [0.25, 0.3) is 0 Å². The summed E-state index contributed by atoms with van der Waals surface area (Å²) in [5.74, 6) is 0.579. The highest BCUT2D eigenvalue weighted by atomic mass is 32.1. The van der Waals surface area contributed by atoms with Crippen LogP contribution in [0.15, 0.2) is 18.6 Å². The molecular weight excluding hydrogens is 234 g/mol. The molecule has 1 aliphatic rings. The summed E-state index contributed by atoms with van der Waals surface area (Å²) in [7, 11) is 0. The van der Waals surface area contributed by atoms with E-state index in [2.05, 4.69) is 15.0 Å². The zero-order chi connectivity index (χ0) is 11.8. The standard InChI is InChI=1S/C12H11N3OS/c1-7(16)11-10(8-2-3-8)15-12(17-11)9-6-13-4-5-14-9/h4-6,8H,2-3H2,1H3. The fraction of sp³-hybridized carbons (Fsp3) is 0.333. The van der Waals surface area contributed by atoms with Gasteiger partial charge in [0.05, 0.1) is 16.8 Å². The number of ketones is 1. The van der Waals surface area contributed by atoms with Gasteiger partial charge in [0, 0.05) is 25.2 Å². The summed E-state index contributed by atoms with van der Waals surface area (Å²) in [5.41, 5.74) is 1.70. The van der Waals surface area contributed by atoms with Gasteiger partial charge in [-0.05, 0) is 12.8 Å². The van der Waals surface area contributed by atoms with Crippen LogP contribution in [0.5, 0.6) is 0 Å². The molecule has 3 rings (SSSR count). The first-order valence-corrected chi connectivity index (χ1v) is 6.35. The van der Waals surface area contributed by atoms with Gasteiger partial charge in [-0.2, -0.15) is 0 Å². The van der Waals surface area contributed by atoms with Gasteiger partial charge in [-0.25, -0.2) is 4.98 Å². The van der Waals surface area contributed by atoms with Crippen LogP contribution in [0.2, 0.25) is 0 Å². The van der Waals surface area contributed by atoms with Crippen LogP contribution in [0.3, 0.4) is 0 Å². The van der Waals surface area contributed by atoms with E-state index in [9.17, 15) is 4.79 Å². The molecule has 0 unspecified atom stereocenters. The van der Waals surface area contributed by atoms with Crippen LogP contribution >= 0.6 is 11.3 Å². The molecule has 4 nitrogen and oxygen atoms in total. The highest BCUT2D eigenvalue weighted by Crippen LogP contribution is 2.44. The molecule has 0 aromatic carbocycles. The van der Waals surface area contributed by atoms with Crippen molar-refractivity contribution in [3.63, 3.8) is 0 Å². The number of hydrogen-bond donors (Lipinski definition) is 0. The molecule has 0 bridgehead atoms. The molecule has 1 aliphatic carbocycles. The lowest BCUT2D eigenvalue weighted by Crippen LogP contribution is -1.93. The molecule has 1 fully saturated rings. The van der Waals surface area contributed by atoms with Crippen molar-refractivity contribution in [1.82, 2.24) is 15.0 Å². The Morgan fingerprint density at radius 2 is 2.24 bits per heavy atom. The van der Waals surface area contributed by atoms with Gasteiger partial charge in [0.1, 0.15) is 10.7 Å². The molecule has 0 spiro atoms. The number of hydrogen-bond acceptors (Lipinski definition) is 5. The second-order valence-corrected chi connectivity index (χ2v) is 5.15. The first kappa shape index (κ1) is 10.5. The van der Waals surface area contributed by atoms with Gasteiger partial charge in [0.2, 0.25) is 0 Å². The second kappa shape index (κ2) is 4.00. The zero-order valence-corrected chi connectivity index (χ0v) is 10.2. The summed E-state index contributed by atoms with van der Waals surface area (Å²) in [6.45, 7) is 1.60. The predicted molar refractivity (Wildman–Crippen MR) is 65.1 cm³/mol. The number of carbonyl (C=O) groups excluding carboxylic acids is 1. The van der Waals surface area contributed by atoms with Crippen LogP contribution in [0, 0.1) is 0 Å². The normalized spacial score (nSPS) is 14.9. The van der Waals surface area contributed by atoms with Gasteiger partial charge in [-0.1, -0.05) is 0 Å². The van der Waals surface area contributed by atoms with E-state index in [0.29, 0.717) is 5.92 Å². The maximum Gasteiger partial charge on any atom is 0.171 e. The Morgan fingerprint density at radius 3 is 2.82 bits per heavy atom. The molecule has 0 amide bonds. The quantitative estimate of drug-likeness (QED) is 0.780. The number of nitrogens with zero attached hydrogens (tertiary/aromatic N) is 3. The fourth-order valence-corrected chi connectivity index (χ4v) is 2.74. The Labute approximate surface area is 103 Å². The number of rotatable bonds is 3. The number of thiazole rings is 1.